The molecular weight excluding hydrogens is 328 g/mol. The zero-order valence-electron chi connectivity index (χ0n) is 13.4. The van der Waals surface area contributed by atoms with Crippen molar-refractivity contribution in [3.8, 4) is 22.9 Å². The number of nitrogens with one attached hydrogen (secondary N) is 1. The van der Waals surface area contributed by atoms with Gasteiger partial charge in [-0.2, -0.15) is 4.98 Å². The van der Waals surface area contributed by atoms with Crippen LogP contribution in [0, 0.1) is 10.1 Å². The largest absolute Gasteiger partial charge is 0.497 e. The molecule has 1 N–H and O–H groups in total. The lowest BCUT2D eigenvalue weighted by Gasteiger charge is -2.07. The number of nitro benzene ring substituents is 1. The third kappa shape index (κ3) is 3.50. The second-order valence-electron chi connectivity index (χ2n) is 4.92. The molecule has 25 heavy (non-hydrogen) atoms. The summed E-state index contributed by atoms with van der Waals surface area (Å²) in [5, 5.41) is 17.6. The molecule has 0 radical (unpaired) electrons. The van der Waals surface area contributed by atoms with Gasteiger partial charge in [0, 0.05) is 17.7 Å². The third-order valence-corrected chi connectivity index (χ3v) is 3.41. The van der Waals surface area contributed by atoms with Gasteiger partial charge in [0.2, 0.25) is 5.82 Å². The Morgan fingerprint density at radius 1 is 1.12 bits per heavy atom. The van der Waals surface area contributed by atoms with E-state index in [1.807, 2.05) is 0 Å². The van der Waals surface area contributed by atoms with Crippen molar-refractivity contribution in [3.05, 3.63) is 52.6 Å². The van der Waals surface area contributed by atoms with Crippen LogP contribution in [0.5, 0.6) is 11.5 Å². The summed E-state index contributed by atoms with van der Waals surface area (Å²) in [6.45, 7) is 0. The predicted molar refractivity (Wildman–Crippen MR) is 89.2 cm³/mol. The van der Waals surface area contributed by atoms with Crippen LogP contribution in [0.1, 0.15) is 0 Å². The fraction of sp³-hybridized carbons (Fsp3) is 0.125. The van der Waals surface area contributed by atoms with Gasteiger partial charge in [-0.1, -0.05) is 5.16 Å². The monoisotopic (exact) mass is 342 g/mol. The van der Waals surface area contributed by atoms with E-state index in [-0.39, 0.29) is 11.7 Å². The second-order valence-corrected chi connectivity index (χ2v) is 4.92. The lowest BCUT2D eigenvalue weighted by Crippen LogP contribution is -1.97. The van der Waals surface area contributed by atoms with E-state index in [2.05, 4.69) is 15.5 Å². The Hall–Kier alpha value is -3.62. The van der Waals surface area contributed by atoms with Gasteiger partial charge in [0.15, 0.2) is 0 Å². The maximum atomic E-state index is 10.9. The lowest BCUT2D eigenvalue weighted by molar-refractivity contribution is -0.384. The quantitative estimate of drug-likeness (QED) is 0.535. The first-order chi connectivity index (χ1) is 12.1. The summed E-state index contributed by atoms with van der Waals surface area (Å²) in [6, 6.07) is 11.4. The molecule has 0 amide bonds. The molecule has 2 aromatic carbocycles. The molecule has 1 aromatic heterocycles. The predicted octanol–water partition coefficient (Wildman–Crippen LogP) is 3.41. The number of hydrogen-bond acceptors (Lipinski definition) is 8. The van der Waals surface area contributed by atoms with Crippen LogP contribution in [0.2, 0.25) is 0 Å². The van der Waals surface area contributed by atoms with E-state index in [1.54, 1.807) is 31.4 Å². The Bertz CT molecular complexity index is 892. The molecule has 0 atom stereocenters. The molecule has 0 fully saturated rings. The normalized spacial score (nSPS) is 10.3. The van der Waals surface area contributed by atoms with Crippen molar-refractivity contribution in [2.75, 3.05) is 19.5 Å². The first kappa shape index (κ1) is 16.2. The maximum Gasteiger partial charge on any atom is 0.326 e. The minimum atomic E-state index is -0.499. The standard InChI is InChI=1S/C16H14N4O5/c1-23-12-6-3-10(4-7-12)15-18-16(25-19-15)17-13-9-11(20(21)22)5-8-14(13)24-2/h3-9H,1-2H3,(H,17,18,19). The molecule has 0 spiro atoms. The van der Waals surface area contributed by atoms with Crippen LogP contribution in [0.4, 0.5) is 17.4 Å². The molecular formula is C16H14N4O5. The SMILES string of the molecule is COc1ccc(-c2noc(Nc3cc([N+](=O)[O-])ccc3OC)n2)cc1. The minimum absolute atomic E-state index is 0.0850. The van der Waals surface area contributed by atoms with E-state index >= 15 is 0 Å². The number of nitro groups is 1. The number of anilines is 2. The molecule has 3 aromatic rings. The van der Waals surface area contributed by atoms with Crippen molar-refractivity contribution in [1.82, 2.24) is 10.1 Å². The summed E-state index contributed by atoms with van der Waals surface area (Å²) in [6.07, 6.45) is 0. The fourth-order valence-electron chi connectivity index (χ4n) is 2.15. The van der Waals surface area contributed by atoms with Gasteiger partial charge in [-0.05, 0) is 30.3 Å². The van der Waals surface area contributed by atoms with Crippen molar-refractivity contribution in [2.45, 2.75) is 0 Å². The molecule has 9 nitrogen and oxygen atoms in total. The molecule has 9 heteroatoms. The number of benzene rings is 2. The summed E-state index contributed by atoms with van der Waals surface area (Å²) in [4.78, 5) is 14.6. The maximum absolute atomic E-state index is 10.9. The van der Waals surface area contributed by atoms with Gasteiger partial charge in [0.25, 0.3) is 5.69 Å². The van der Waals surface area contributed by atoms with Crippen LogP contribution in [0.25, 0.3) is 11.4 Å². The van der Waals surface area contributed by atoms with Gasteiger partial charge < -0.3 is 19.3 Å². The van der Waals surface area contributed by atoms with Crippen LogP contribution in [-0.4, -0.2) is 29.3 Å². The first-order valence-electron chi connectivity index (χ1n) is 7.18. The number of hydrogen-bond donors (Lipinski definition) is 1. The summed E-state index contributed by atoms with van der Waals surface area (Å²) < 4.78 is 15.4. The zero-order chi connectivity index (χ0) is 17.8. The smallest absolute Gasteiger partial charge is 0.326 e. The number of rotatable bonds is 6. The Labute approximate surface area is 142 Å². The van der Waals surface area contributed by atoms with Crippen LogP contribution < -0.4 is 14.8 Å². The molecule has 1 heterocycles. The summed E-state index contributed by atoms with van der Waals surface area (Å²) in [7, 11) is 3.04. The molecule has 0 unspecified atom stereocenters. The van der Waals surface area contributed by atoms with Gasteiger partial charge in [0.05, 0.1) is 24.8 Å². The number of methoxy groups -OCH3 is 2. The Morgan fingerprint density at radius 2 is 1.88 bits per heavy atom. The molecule has 0 aliphatic heterocycles. The van der Waals surface area contributed by atoms with E-state index in [1.165, 1.54) is 25.3 Å². The number of aromatic nitrogens is 2. The van der Waals surface area contributed by atoms with E-state index in [4.69, 9.17) is 14.0 Å². The average Bonchev–Trinajstić information content (AvgIpc) is 3.10. The van der Waals surface area contributed by atoms with Crippen LogP contribution in [0.3, 0.4) is 0 Å². The van der Waals surface area contributed by atoms with E-state index in [9.17, 15) is 10.1 Å². The summed E-state index contributed by atoms with van der Waals surface area (Å²) >= 11 is 0. The van der Waals surface area contributed by atoms with Crippen molar-refractivity contribution >= 4 is 17.4 Å². The van der Waals surface area contributed by atoms with Gasteiger partial charge in [-0.25, -0.2) is 0 Å². The van der Waals surface area contributed by atoms with E-state index in [0.717, 1.165) is 5.56 Å². The molecule has 0 saturated heterocycles. The lowest BCUT2D eigenvalue weighted by atomic mass is 10.2. The second kappa shape index (κ2) is 6.87. The van der Waals surface area contributed by atoms with Gasteiger partial charge >= 0.3 is 6.01 Å². The Kier molecular flexibility index (Phi) is 4.46. The van der Waals surface area contributed by atoms with Crippen LogP contribution in [0.15, 0.2) is 47.0 Å². The average molecular weight is 342 g/mol. The van der Waals surface area contributed by atoms with Gasteiger partial charge in [-0.15, -0.1) is 0 Å². The molecule has 3 rings (SSSR count). The number of ether oxygens (including phenoxy) is 2. The van der Waals surface area contributed by atoms with Crippen molar-refractivity contribution in [3.63, 3.8) is 0 Å². The molecule has 0 bridgehead atoms. The van der Waals surface area contributed by atoms with Gasteiger partial charge in [0.1, 0.15) is 11.5 Å². The first-order valence-corrected chi connectivity index (χ1v) is 7.18. The van der Waals surface area contributed by atoms with Gasteiger partial charge in [-0.3, -0.25) is 10.1 Å². The molecule has 0 aliphatic rings. The Morgan fingerprint density at radius 3 is 2.52 bits per heavy atom. The summed E-state index contributed by atoms with van der Waals surface area (Å²) in [5.74, 6) is 1.50. The minimum Gasteiger partial charge on any atom is -0.497 e. The highest BCUT2D eigenvalue weighted by Gasteiger charge is 2.15. The molecule has 128 valence electrons. The number of non-ortho nitro benzene ring substituents is 1. The summed E-state index contributed by atoms with van der Waals surface area (Å²) in [5.41, 5.74) is 1.00. The highest BCUT2D eigenvalue weighted by Crippen LogP contribution is 2.31. The van der Waals surface area contributed by atoms with Crippen molar-refractivity contribution < 1.29 is 18.9 Å². The fourth-order valence-corrected chi connectivity index (χ4v) is 2.15. The van der Waals surface area contributed by atoms with Crippen molar-refractivity contribution in [2.24, 2.45) is 0 Å². The van der Waals surface area contributed by atoms with Crippen molar-refractivity contribution in [1.29, 1.82) is 0 Å². The topological polar surface area (TPSA) is 113 Å². The highest BCUT2D eigenvalue weighted by atomic mass is 16.6. The zero-order valence-corrected chi connectivity index (χ0v) is 13.4. The third-order valence-electron chi connectivity index (χ3n) is 3.41. The van der Waals surface area contributed by atoms with Crippen LogP contribution in [-0.2, 0) is 0 Å². The van der Waals surface area contributed by atoms with E-state index in [0.29, 0.717) is 23.0 Å². The number of nitrogens with zero attached hydrogens (tertiary/aromatic N) is 3. The molecule has 0 aliphatic carbocycles. The highest BCUT2D eigenvalue weighted by molar-refractivity contribution is 5.66. The Balaban J connectivity index is 1.85. The van der Waals surface area contributed by atoms with E-state index < -0.39 is 4.92 Å². The molecule has 0 saturated carbocycles. The van der Waals surface area contributed by atoms with Crippen LogP contribution >= 0.6 is 0 Å².